The Morgan fingerprint density at radius 3 is 2.82 bits per heavy atom. The Hall–Kier alpha value is -2.03. The maximum Gasteiger partial charge on any atom is 0.258 e. The average molecular weight is 297 g/mol. The number of rotatable bonds is 3. The molecule has 0 radical (unpaired) electrons. The van der Waals surface area contributed by atoms with Gasteiger partial charge >= 0.3 is 0 Å². The van der Waals surface area contributed by atoms with Crippen LogP contribution in [0.15, 0.2) is 36.4 Å². The van der Waals surface area contributed by atoms with E-state index in [1.165, 1.54) is 6.42 Å². The van der Waals surface area contributed by atoms with Gasteiger partial charge < -0.3 is 9.64 Å². The van der Waals surface area contributed by atoms with Crippen LogP contribution in [-0.2, 0) is 0 Å². The van der Waals surface area contributed by atoms with Gasteiger partial charge in [-0.15, -0.1) is 0 Å². The van der Waals surface area contributed by atoms with Crippen LogP contribution in [0, 0.1) is 0 Å². The van der Waals surface area contributed by atoms with Gasteiger partial charge in [0.15, 0.2) is 0 Å². The van der Waals surface area contributed by atoms with Crippen LogP contribution >= 0.6 is 0 Å². The first-order valence-electron chi connectivity index (χ1n) is 8.18. The fourth-order valence-corrected chi connectivity index (χ4v) is 3.29. The summed E-state index contributed by atoms with van der Waals surface area (Å²) in [4.78, 5) is 15.2. The van der Waals surface area contributed by atoms with Crippen molar-refractivity contribution in [3.8, 4) is 5.75 Å². The summed E-state index contributed by atoms with van der Waals surface area (Å²) in [6.45, 7) is 5.50. The largest absolute Gasteiger partial charge is 0.493 e. The molecule has 2 aromatic carbocycles. The van der Waals surface area contributed by atoms with Gasteiger partial charge in [0.1, 0.15) is 5.75 Å². The van der Waals surface area contributed by atoms with Crippen molar-refractivity contribution in [2.75, 3.05) is 13.2 Å². The van der Waals surface area contributed by atoms with E-state index >= 15 is 0 Å². The highest BCUT2D eigenvalue weighted by Crippen LogP contribution is 2.31. The zero-order valence-corrected chi connectivity index (χ0v) is 13.3. The third kappa shape index (κ3) is 2.68. The lowest BCUT2D eigenvalue weighted by atomic mass is 9.98. The molecule has 0 N–H and O–H groups in total. The van der Waals surface area contributed by atoms with Crippen LogP contribution in [0.5, 0.6) is 5.75 Å². The zero-order chi connectivity index (χ0) is 15.5. The van der Waals surface area contributed by atoms with Crippen LogP contribution in [0.4, 0.5) is 0 Å². The number of amides is 1. The Labute approximate surface area is 131 Å². The molecular formula is C19H23NO2. The van der Waals surface area contributed by atoms with Crippen molar-refractivity contribution in [3.63, 3.8) is 0 Å². The highest BCUT2D eigenvalue weighted by Gasteiger charge is 2.27. The Morgan fingerprint density at radius 2 is 2.05 bits per heavy atom. The number of ether oxygens (including phenoxy) is 1. The highest BCUT2D eigenvalue weighted by atomic mass is 16.5. The third-order valence-corrected chi connectivity index (χ3v) is 4.47. The van der Waals surface area contributed by atoms with Crippen LogP contribution < -0.4 is 4.74 Å². The molecule has 0 unspecified atom stereocenters. The molecule has 3 nitrogen and oxygen atoms in total. The molecule has 116 valence electrons. The van der Waals surface area contributed by atoms with Gasteiger partial charge in [-0.1, -0.05) is 30.3 Å². The molecule has 0 spiro atoms. The van der Waals surface area contributed by atoms with Crippen molar-refractivity contribution in [3.05, 3.63) is 42.0 Å². The third-order valence-electron chi connectivity index (χ3n) is 4.47. The molecule has 3 rings (SSSR count). The molecule has 22 heavy (non-hydrogen) atoms. The fraction of sp³-hybridized carbons (Fsp3) is 0.421. The van der Waals surface area contributed by atoms with Gasteiger partial charge in [-0.2, -0.15) is 0 Å². The van der Waals surface area contributed by atoms with Crippen molar-refractivity contribution in [2.24, 2.45) is 0 Å². The van der Waals surface area contributed by atoms with Gasteiger partial charge in [0.2, 0.25) is 0 Å². The summed E-state index contributed by atoms with van der Waals surface area (Å²) in [5, 5.41) is 2.06. The van der Waals surface area contributed by atoms with Gasteiger partial charge in [0.05, 0.1) is 12.2 Å². The minimum Gasteiger partial charge on any atom is -0.493 e. The Balaban J connectivity index is 2.10. The number of benzene rings is 2. The lowest BCUT2D eigenvalue weighted by Crippen LogP contribution is -2.42. The number of carbonyl (C=O) groups excluding carboxylic acids is 1. The molecule has 3 heteroatoms. The molecule has 0 saturated carbocycles. The number of carbonyl (C=O) groups is 1. The SMILES string of the molecule is CCOc1ccc2ccccc2c1C(=O)N1CCCC[C@H]1C. The maximum atomic E-state index is 13.2. The molecular weight excluding hydrogens is 274 g/mol. The standard InChI is InChI=1S/C19H23NO2/c1-3-22-17-12-11-15-9-4-5-10-16(15)18(17)19(21)20-13-7-6-8-14(20)2/h4-5,9-12,14H,3,6-8,13H2,1-2H3/t14-/m1/s1. The molecule has 1 atom stereocenters. The van der Waals surface area contributed by atoms with E-state index in [1.54, 1.807) is 0 Å². The number of likely N-dealkylation sites (tertiary alicyclic amines) is 1. The lowest BCUT2D eigenvalue weighted by molar-refractivity contribution is 0.0634. The molecule has 1 aliphatic heterocycles. The molecule has 1 amide bonds. The van der Waals surface area contributed by atoms with Gasteiger partial charge in [0, 0.05) is 12.6 Å². The van der Waals surface area contributed by atoms with Crippen molar-refractivity contribution >= 4 is 16.7 Å². The van der Waals surface area contributed by atoms with E-state index < -0.39 is 0 Å². The first-order chi connectivity index (χ1) is 10.7. The first kappa shape index (κ1) is 14.9. The predicted octanol–water partition coefficient (Wildman–Crippen LogP) is 4.25. The number of hydrogen-bond donors (Lipinski definition) is 0. The van der Waals surface area contributed by atoms with E-state index in [-0.39, 0.29) is 5.91 Å². The molecule has 0 bridgehead atoms. The van der Waals surface area contributed by atoms with E-state index in [0.717, 1.165) is 30.2 Å². The summed E-state index contributed by atoms with van der Waals surface area (Å²) < 4.78 is 5.74. The second-order valence-electron chi connectivity index (χ2n) is 5.94. The quantitative estimate of drug-likeness (QED) is 0.847. The summed E-state index contributed by atoms with van der Waals surface area (Å²) in [6.07, 6.45) is 3.38. The molecule has 0 aliphatic carbocycles. The highest BCUT2D eigenvalue weighted by molar-refractivity contribution is 6.09. The minimum atomic E-state index is 0.104. The van der Waals surface area contributed by atoms with Gasteiger partial charge in [-0.05, 0) is 49.9 Å². The monoisotopic (exact) mass is 297 g/mol. The van der Waals surface area contributed by atoms with E-state index in [0.29, 0.717) is 24.0 Å². The van der Waals surface area contributed by atoms with E-state index in [4.69, 9.17) is 4.74 Å². The number of fused-ring (bicyclic) bond motifs is 1. The van der Waals surface area contributed by atoms with Gasteiger partial charge in [0.25, 0.3) is 5.91 Å². The summed E-state index contributed by atoms with van der Waals surface area (Å²) in [5.74, 6) is 0.802. The van der Waals surface area contributed by atoms with Gasteiger partial charge in [-0.25, -0.2) is 0 Å². The molecule has 1 saturated heterocycles. The smallest absolute Gasteiger partial charge is 0.258 e. The van der Waals surface area contributed by atoms with E-state index in [9.17, 15) is 4.79 Å². The second kappa shape index (κ2) is 6.39. The van der Waals surface area contributed by atoms with Crippen molar-refractivity contribution in [2.45, 2.75) is 39.2 Å². The Kier molecular flexibility index (Phi) is 4.32. The van der Waals surface area contributed by atoms with Crippen molar-refractivity contribution in [1.82, 2.24) is 4.90 Å². The Morgan fingerprint density at radius 1 is 1.23 bits per heavy atom. The van der Waals surface area contributed by atoms with Crippen molar-refractivity contribution < 1.29 is 9.53 Å². The topological polar surface area (TPSA) is 29.5 Å². The van der Waals surface area contributed by atoms with Crippen LogP contribution in [-0.4, -0.2) is 30.0 Å². The second-order valence-corrected chi connectivity index (χ2v) is 5.94. The summed E-state index contributed by atoms with van der Waals surface area (Å²) >= 11 is 0. The lowest BCUT2D eigenvalue weighted by Gasteiger charge is -2.34. The van der Waals surface area contributed by atoms with Crippen LogP contribution in [0.3, 0.4) is 0 Å². The summed E-state index contributed by atoms with van der Waals surface area (Å²) in [5.41, 5.74) is 0.716. The number of nitrogens with zero attached hydrogens (tertiary/aromatic N) is 1. The molecule has 1 heterocycles. The van der Waals surface area contributed by atoms with Crippen molar-refractivity contribution in [1.29, 1.82) is 0 Å². The molecule has 0 aromatic heterocycles. The zero-order valence-electron chi connectivity index (χ0n) is 13.3. The average Bonchev–Trinajstić information content (AvgIpc) is 2.55. The van der Waals surface area contributed by atoms with E-state index in [2.05, 4.69) is 6.92 Å². The Bertz CT molecular complexity index is 680. The van der Waals surface area contributed by atoms with Gasteiger partial charge in [-0.3, -0.25) is 4.79 Å². The predicted molar refractivity (Wildman–Crippen MR) is 89.5 cm³/mol. The number of hydrogen-bond acceptors (Lipinski definition) is 2. The number of piperidine rings is 1. The molecule has 1 fully saturated rings. The summed E-state index contributed by atoms with van der Waals surface area (Å²) in [7, 11) is 0. The van der Waals surface area contributed by atoms with E-state index in [1.807, 2.05) is 48.2 Å². The maximum absolute atomic E-state index is 13.2. The summed E-state index contributed by atoms with van der Waals surface area (Å²) in [6, 6.07) is 12.3. The molecule has 1 aliphatic rings. The van der Waals surface area contributed by atoms with Crippen LogP contribution in [0.1, 0.15) is 43.5 Å². The minimum absolute atomic E-state index is 0.104. The fourth-order valence-electron chi connectivity index (χ4n) is 3.29. The first-order valence-corrected chi connectivity index (χ1v) is 8.18. The van der Waals surface area contributed by atoms with Crippen LogP contribution in [0.2, 0.25) is 0 Å². The normalized spacial score (nSPS) is 18.5. The van der Waals surface area contributed by atoms with Crippen LogP contribution in [0.25, 0.3) is 10.8 Å². The molecule has 2 aromatic rings.